The summed E-state index contributed by atoms with van der Waals surface area (Å²) >= 11 is 0. The van der Waals surface area contributed by atoms with Crippen LogP contribution in [0, 0.1) is 0 Å². The fourth-order valence-corrected chi connectivity index (χ4v) is 2.97. The third-order valence-corrected chi connectivity index (χ3v) is 4.93. The summed E-state index contributed by atoms with van der Waals surface area (Å²) in [5.41, 5.74) is 0. The van der Waals surface area contributed by atoms with Crippen molar-refractivity contribution >= 4 is 15.7 Å². The highest BCUT2D eigenvalue weighted by molar-refractivity contribution is 7.90. The minimum absolute atomic E-state index is 0.0785. The summed E-state index contributed by atoms with van der Waals surface area (Å²) < 4.78 is 39.0. The molecule has 8 heteroatoms. The molecule has 7 nitrogen and oxygen atoms in total. The second-order valence-corrected chi connectivity index (χ2v) is 8.09. The Morgan fingerprint density at radius 2 is 1.64 bits per heavy atom. The van der Waals surface area contributed by atoms with Crippen LogP contribution in [0.25, 0.3) is 0 Å². The van der Waals surface area contributed by atoms with Crippen molar-refractivity contribution in [2.75, 3.05) is 33.1 Å². The van der Waals surface area contributed by atoms with E-state index < -0.39 is 9.84 Å². The van der Waals surface area contributed by atoms with Crippen molar-refractivity contribution < 1.29 is 27.4 Å². The molecule has 0 saturated carbocycles. The van der Waals surface area contributed by atoms with Crippen LogP contribution in [-0.2, 0) is 14.6 Å². The number of methoxy groups -OCH3 is 1. The Balaban J connectivity index is 1.58. The van der Waals surface area contributed by atoms with Gasteiger partial charge < -0.3 is 19.5 Å². The van der Waals surface area contributed by atoms with Gasteiger partial charge in [-0.2, -0.15) is 0 Å². The fourth-order valence-electron chi connectivity index (χ4n) is 2.34. The van der Waals surface area contributed by atoms with Gasteiger partial charge in [-0.15, -0.1) is 0 Å². The molecular weight excluding hydrogens is 382 g/mol. The zero-order valence-electron chi connectivity index (χ0n) is 16.0. The van der Waals surface area contributed by atoms with Crippen molar-refractivity contribution in [2.45, 2.75) is 17.7 Å². The van der Waals surface area contributed by atoms with Gasteiger partial charge >= 0.3 is 0 Å². The summed E-state index contributed by atoms with van der Waals surface area (Å²) in [6, 6.07) is 13.5. The van der Waals surface area contributed by atoms with Crippen LogP contribution in [0.15, 0.2) is 53.4 Å². The quantitative estimate of drug-likeness (QED) is 0.576. The first-order valence-corrected chi connectivity index (χ1v) is 10.7. The Labute approximate surface area is 165 Å². The maximum Gasteiger partial charge on any atom is 0.220 e. The van der Waals surface area contributed by atoms with E-state index in [9.17, 15) is 13.2 Å². The highest BCUT2D eigenvalue weighted by Crippen LogP contribution is 2.18. The molecule has 0 saturated heterocycles. The Morgan fingerprint density at radius 3 is 2.32 bits per heavy atom. The molecular formula is C20H25NO6S. The Kier molecular flexibility index (Phi) is 8.13. The number of nitrogens with one attached hydrogen (secondary N) is 1. The fraction of sp³-hybridized carbons (Fsp3) is 0.350. The maximum atomic E-state index is 11.8. The summed E-state index contributed by atoms with van der Waals surface area (Å²) in [6.07, 6.45) is 2.04. The molecule has 2 aromatic rings. The molecule has 0 aliphatic rings. The normalized spacial score (nSPS) is 10.9. The first kappa shape index (κ1) is 21.6. The van der Waals surface area contributed by atoms with Gasteiger partial charge in [-0.3, -0.25) is 4.79 Å². The van der Waals surface area contributed by atoms with Gasteiger partial charge in [0.25, 0.3) is 0 Å². The van der Waals surface area contributed by atoms with Gasteiger partial charge in [0.2, 0.25) is 5.91 Å². The maximum absolute atomic E-state index is 11.8. The minimum Gasteiger partial charge on any atom is -0.497 e. The molecule has 0 aliphatic heterocycles. The van der Waals surface area contributed by atoms with E-state index in [1.54, 1.807) is 25.3 Å². The summed E-state index contributed by atoms with van der Waals surface area (Å²) in [5, 5.41) is 2.79. The topological polar surface area (TPSA) is 90.9 Å². The zero-order valence-corrected chi connectivity index (χ0v) is 16.8. The van der Waals surface area contributed by atoms with E-state index in [1.165, 1.54) is 12.1 Å². The van der Waals surface area contributed by atoms with Crippen molar-refractivity contribution in [1.82, 2.24) is 5.32 Å². The number of hydrogen-bond donors (Lipinski definition) is 1. The Hall–Kier alpha value is -2.74. The van der Waals surface area contributed by atoms with Gasteiger partial charge in [0.1, 0.15) is 23.9 Å². The lowest BCUT2D eigenvalue weighted by molar-refractivity contribution is -0.121. The van der Waals surface area contributed by atoms with E-state index in [2.05, 4.69) is 5.32 Å². The highest BCUT2D eigenvalue weighted by atomic mass is 32.2. The van der Waals surface area contributed by atoms with E-state index in [4.69, 9.17) is 14.2 Å². The van der Waals surface area contributed by atoms with Crippen LogP contribution < -0.4 is 19.5 Å². The van der Waals surface area contributed by atoms with Gasteiger partial charge in [-0.05, 0) is 42.8 Å². The van der Waals surface area contributed by atoms with Crippen LogP contribution in [0.2, 0.25) is 0 Å². The van der Waals surface area contributed by atoms with Crippen molar-refractivity contribution in [2.24, 2.45) is 0 Å². The van der Waals surface area contributed by atoms with E-state index >= 15 is 0 Å². The van der Waals surface area contributed by atoms with Crippen LogP contribution in [0.3, 0.4) is 0 Å². The van der Waals surface area contributed by atoms with E-state index in [0.29, 0.717) is 49.8 Å². The molecule has 0 aromatic heterocycles. The van der Waals surface area contributed by atoms with E-state index in [1.807, 2.05) is 18.2 Å². The molecule has 0 bridgehead atoms. The molecule has 1 amide bonds. The first-order valence-electron chi connectivity index (χ1n) is 8.85. The van der Waals surface area contributed by atoms with Crippen molar-refractivity contribution in [3.63, 3.8) is 0 Å². The van der Waals surface area contributed by atoms with Crippen LogP contribution in [-0.4, -0.2) is 47.4 Å². The van der Waals surface area contributed by atoms with Crippen LogP contribution in [0.1, 0.15) is 12.8 Å². The lowest BCUT2D eigenvalue weighted by Crippen LogP contribution is -2.28. The third kappa shape index (κ3) is 7.48. The van der Waals surface area contributed by atoms with Crippen LogP contribution >= 0.6 is 0 Å². The average molecular weight is 407 g/mol. The van der Waals surface area contributed by atoms with Gasteiger partial charge in [0.15, 0.2) is 9.84 Å². The molecule has 0 aliphatic carbocycles. The van der Waals surface area contributed by atoms with Crippen molar-refractivity contribution in [1.29, 1.82) is 0 Å². The molecule has 2 aromatic carbocycles. The number of hydrogen-bond acceptors (Lipinski definition) is 6. The summed E-state index contributed by atoms with van der Waals surface area (Å²) in [6.45, 7) is 1.14. The average Bonchev–Trinajstić information content (AvgIpc) is 2.68. The molecule has 0 radical (unpaired) electrons. The molecule has 28 heavy (non-hydrogen) atoms. The molecule has 152 valence electrons. The number of carbonyl (C=O) groups excluding carboxylic acids is 1. The standard InChI is InChI=1S/C20H25NO6S/c1-25-17-5-3-6-18(15-17)27-14-12-21-20(22)7-4-13-26-16-8-10-19(11-9-16)28(2,23)24/h3,5-6,8-11,15H,4,7,12-14H2,1-2H3,(H,21,22). The van der Waals surface area contributed by atoms with Gasteiger partial charge in [-0.1, -0.05) is 6.07 Å². The predicted octanol–water partition coefficient (Wildman–Crippen LogP) is 2.45. The number of rotatable bonds is 11. The molecule has 0 fully saturated rings. The summed E-state index contributed by atoms with van der Waals surface area (Å²) in [4.78, 5) is 12.1. The first-order chi connectivity index (χ1) is 13.4. The summed E-state index contributed by atoms with van der Waals surface area (Å²) in [7, 11) is -1.62. The van der Waals surface area contributed by atoms with Gasteiger partial charge in [0, 0.05) is 18.7 Å². The largest absolute Gasteiger partial charge is 0.497 e. The Bertz CT molecular complexity index is 865. The lowest BCUT2D eigenvalue weighted by Gasteiger charge is -2.09. The second-order valence-electron chi connectivity index (χ2n) is 6.07. The number of carbonyl (C=O) groups is 1. The number of amides is 1. The van der Waals surface area contributed by atoms with Gasteiger partial charge in [-0.25, -0.2) is 8.42 Å². The number of sulfone groups is 1. The molecule has 0 atom stereocenters. The SMILES string of the molecule is COc1cccc(OCCNC(=O)CCCOc2ccc(S(C)(=O)=O)cc2)c1. The van der Waals surface area contributed by atoms with Crippen molar-refractivity contribution in [3.8, 4) is 17.2 Å². The monoisotopic (exact) mass is 407 g/mol. The lowest BCUT2D eigenvalue weighted by atomic mass is 10.3. The molecule has 1 N–H and O–H groups in total. The molecule has 0 heterocycles. The zero-order chi connectivity index (χ0) is 20.4. The smallest absolute Gasteiger partial charge is 0.220 e. The number of benzene rings is 2. The Morgan fingerprint density at radius 1 is 0.964 bits per heavy atom. The third-order valence-electron chi connectivity index (χ3n) is 3.80. The van der Waals surface area contributed by atoms with Crippen LogP contribution in [0.5, 0.6) is 17.2 Å². The van der Waals surface area contributed by atoms with Gasteiger partial charge in [0.05, 0.1) is 25.2 Å². The highest BCUT2D eigenvalue weighted by Gasteiger charge is 2.07. The molecule has 0 unspecified atom stereocenters. The van der Waals surface area contributed by atoms with E-state index in [-0.39, 0.29) is 10.8 Å². The molecule has 2 rings (SSSR count). The summed E-state index contributed by atoms with van der Waals surface area (Å²) in [5.74, 6) is 1.89. The van der Waals surface area contributed by atoms with Crippen molar-refractivity contribution in [3.05, 3.63) is 48.5 Å². The second kappa shape index (κ2) is 10.6. The van der Waals surface area contributed by atoms with E-state index in [0.717, 1.165) is 6.26 Å². The minimum atomic E-state index is -3.21. The number of ether oxygens (including phenoxy) is 3. The predicted molar refractivity (Wildman–Crippen MR) is 106 cm³/mol. The van der Waals surface area contributed by atoms with Crippen LogP contribution in [0.4, 0.5) is 0 Å². The molecule has 0 spiro atoms.